The second kappa shape index (κ2) is 9.73. The van der Waals surface area contributed by atoms with Crippen molar-refractivity contribution >= 4 is 35.3 Å². The molecule has 2 N–H and O–H groups in total. The average Bonchev–Trinajstić information content (AvgIpc) is 2.58. The summed E-state index contributed by atoms with van der Waals surface area (Å²) in [4.78, 5) is 23.7. The van der Waals surface area contributed by atoms with Gasteiger partial charge in [-0.1, -0.05) is 29.8 Å². The topological polar surface area (TPSA) is 79.8 Å². The first-order valence-corrected chi connectivity index (χ1v) is 8.86. The van der Waals surface area contributed by atoms with E-state index in [2.05, 4.69) is 15.8 Å². The largest absolute Gasteiger partial charge is 0.491 e. The summed E-state index contributed by atoms with van der Waals surface area (Å²) < 4.78 is 5.60. The number of ether oxygens (including phenoxy) is 1. The number of hydrazone groups is 1. The van der Waals surface area contributed by atoms with Crippen LogP contribution in [0.25, 0.3) is 0 Å². The van der Waals surface area contributed by atoms with E-state index in [1.165, 1.54) is 6.21 Å². The molecule has 2 aromatic carbocycles. The lowest BCUT2D eigenvalue weighted by Crippen LogP contribution is -2.24. The number of amides is 2. The molecule has 142 valence electrons. The van der Waals surface area contributed by atoms with Gasteiger partial charge in [-0.15, -0.1) is 0 Å². The Kier molecular flexibility index (Phi) is 7.37. The maximum absolute atomic E-state index is 11.9. The SMILES string of the molecule is Cc1ccc(NC(=O)CC(=O)NN=Cc2cccc(OC(C)C)c2)cc1Cl. The molecule has 0 saturated carbocycles. The molecule has 2 aromatic rings. The number of hydrogen-bond acceptors (Lipinski definition) is 4. The van der Waals surface area contributed by atoms with Gasteiger partial charge in [0.15, 0.2) is 0 Å². The monoisotopic (exact) mass is 387 g/mol. The fourth-order valence-electron chi connectivity index (χ4n) is 2.18. The standard InChI is InChI=1S/C20H22ClN3O3/c1-13(2)27-17-6-4-5-15(9-17)12-22-24-20(26)11-19(25)23-16-8-7-14(3)18(21)10-16/h4-10,12-13H,11H2,1-3H3,(H,23,25)(H,24,26). The fourth-order valence-corrected chi connectivity index (χ4v) is 2.36. The van der Waals surface area contributed by atoms with Crippen molar-refractivity contribution in [2.75, 3.05) is 5.32 Å². The molecular weight excluding hydrogens is 366 g/mol. The minimum atomic E-state index is -0.517. The molecule has 0 bridgehead atoms. The van der Waals surface area contributed by atoms with Crippen LogP contribution in [0.3, 0.4) is 0 Å². The van der Waals surface area contributed by atoms with E-state index >= 15 is 0 Å². The summed E-state index contributed by atoms with van der Waals surface area (Å²) in [5.74, 6) is -0.247. The number of benzene rings is 2. The second-order valence-electron chi connectivity index (χ2n) is 6.22. The van der Waals surface area contributed by atoms with Gasteiger partial charge in [-0.2, -0.15) is 5.10 Å². The minimum Gasteiger partial charge on any atom is -0.491 e. The van der Waals surface area contributed by atoms with Gasteiger partial charge in [0.05, 0.1) is 12.3 Å². The maximum Gasteiger partial charge on any atom is 0.249 e. The van der Waals surface area contributed by atoms with Gasteiger partial charge in [0, 0.05) is 10.7 Å². The van der Waals surface area contributed by atoms with Crippen LogP contribution in [0, 0.1) is 6.92 Å². The third-order valence-corrected chi connectivity index (χ3v) is 3.82. The van der Waals surface area contributed by atoms with Crippen LogP contribution in [-0.4, -0.2) is 24.1 Å². The Labute approximate surface area is 163 Å². The van der Waals surface area contributed by atoms with E-state index in [0.29, 0.717) is 10.7 Å². The van der Waals surface area contributed by atoms with Crippen LogP contribution in [0.15, 0.2) is 47.6 Å². The lowest BCUT2D eigenvalue weighted by molar-refractivity contribution is -0.126. The minimum absolute atomic E-state index is 0.0683. The molecule has 0 unspecified atom stereocenters. The highest BCUT2D eigenvalue weighted by atomic mass is 35.5. The molecule has 0 fully saturated rings. The zero-order valence-electron chi connectivity index (χ0n) is 15.5. The second-order valence-corrected chi connectivity index (χ2v) is 6.63. The summed E-state index contributed by atoms with van der Waals surface area (Å²) in [5, 5.41) is 7.04. The van der Waals surface area contributed by atoms with Crippen LogP contribution in [0.2, 0.25) is 5.02 Å². The van der Waals surface area contributed by atoms with Crippen LogP contribution in [-0.2, 0) is 9.59 Å². The highest BCUT2D eigenvalue weighted by Crippen LogP contribution is 2.20. The van der Waals surface area contributed by atoms with Gasteiger partial charge in [-0.3, -0.25) is 9.59 Å². The first-order valence-electron chi connectivity index (χ1n) is 8.48. The zero-order valence-corrected chi connectivity index (χ0v) is 16.2. The number of hydrogen-bond donors (Lipinski definition) is 2. The van der Waals surface area contributed by atoms with Gasteiger partial charge >= 0.3 is 0 Å². The number of anilines is 1. The number of carbonyl (C=O) groups excluding carboxylic acids is 2. The van der Waals surface area contributed by atoms with Crippen molar-refractivity contribution in [3.63, 3.8) is 0 Å². The van der Waals surface area contributed by atoms with Gasteiger partial charge in [-0.25, -0.2) is 5.43 Å². The third-order valence-electron chi connectivity index (χ3n) is 3.41. The summed E-state index contributed by atoms with van der Waals surface area (Å²) in [5.41, 5.74) is 4.54. The first kappa shape index (κ1) is 20.5. The zero-order chi connectivity index (χ0) is 19.8. The summed E-state index contributed by atoms with van der Waals surface area (Å²) in [6.07, 6.45) is 1.21. The lowest BCUT2D eigenvalue weighted by Gasteiger charge is -2.09. The van der Waals surface area contributed by atoms with Crippen LogP contribution >= 0.6 is 11.6 Å². The molecule has 2 amide bonds. The van der Waals surface area contributed by atoms with Gasteiger partial charge in [-0.05, 0) is 56.2 Å². The summed E-state index contributed by atoms with van der Waals surface area (Å²) in [6.45, 7) is 5.75. The third kappa shape index (κ3) is 7.11. The normalized spacial score (nSPS) is 10.9. The number of nitrogens with zero attached hydrogens (tertiary/aromatic N) is 1. The number of rotatable bonds is 7. The highest BCUT2D eigenvalue weighted by Gasteiger charge is 2.09. The van der Waals surface area contributed by atoms with Gasteiger partial charge < -0.3 is 10.1 Å². The van der Waals surface area contributed by atoms with Crippen LogP contribution in [0.4, 0.5) is 5.69 Å². The molecule has 7 heteroatoms. The quantitative estimate of drug-likeness (QED) is 0.429. The van der Waals surface area contributed by atoms with Gasteiger partial charge in [0.25, 0.3) is 0 Å². The Hall–Kier alpha value is -2.86. The van der Waals surface area contributed by atoms with Crippen molar-refractivity contribution in [3.05, 3.63) is 58.6 Å². The predicted molar refractivity (Wildman–Crippen MR) is 107 cm³/mol. The molecule has 27 heavy (non-hydrogen) atoms. The van der Waals surface area contributed by atoms with E-state index in [9.17, 15) is 9.59 Å². The van der Waals surface area contributed by atoms with Gasteiger partial charge in [0.2, 0.25) is 11.8 Å². The molecule has 0 radical (unpaired) electrons. The molecule has 6 nitrogen and oxygen atoms in total. The van der Waals surface area contributed by atoms with Crippen molar-refractivity contribution in [3.8, 4) is 5.75 Å². The number of carbonyl (C=O) groups is 2. The van der Waals surface area contributed by atoms with E-state index in [1.807, 2.05) is 45.0 Å². The fraction of sp³-hybridized carbons (Fsp3) is 0.250. The highest BCUT2D eigenvalue weighted by molar-refractivity contribution is 6.31. The van der Waals surface area contributed by atoms with Crippen molar-refractivity contribution in [1.29, 1.82) is 0 Å². The van der Waals surface area contributed by atoms with E-state index in [-0.39, 0.29) is 12.5 Å². The van der Waals surface area contributed by atoms with Gasteiger partial charge in [0.1, 0.15) is 12.2 Å². The van der Waals surface area contributed by atoms with E-state index in [0.717, 1.165) is 16.9 Å². The molecule has 0 aliphatic rings. The Bertz CT molecular complexity index is 850. The Morgan fingerprint density at radius 3 is 2.67 bits per heavy atom. The van der Waals surface area contributed by atoms with Crippen molar-refractivity contribution < 1.29 is 14.3 Å². The molecule has 2 rings (SSSR count). The number of nitrogens with one attached hydrogen (secondary N) is 2. The average molecular weight is 388 g/mol. The summed E-state index contributed by atoms with van der Waals surface area (Å²) >= 11 is 6.01. The Morgan fingerprint density at radius 2 is 1.96 bits per heavy atom. The Morgan fingerprint density at radius 1 is 1.19 bits per heavy atom. The molecule has 0 heterocycles. The van der Waals surface area contributed by atoms with E-state index in [4.69, 9.17) is 16.3 Å². The summed E-state index contributed by atoms with van der Waals surface area (Å²) in [6, 6.07) is 12.5. The van der Waals surface area contributed by atoms with Crippen LogP contribution in [0.1, 0.15) is 31.4 Å². The van der Waals surface area contributed by atoms with Crippen LogP contribution in [0.5, 0.6) is 5.75 Å². The molecule has 0 atom stereocenters. The molecular formula is C20H22ClN3O3. The van der Waals surface area contributed by atoms with Crippen molar-refractivity contribution in [2.24, 2.45) is 5.10 Å². The van der Waals surface area contributed by atoms with Crippen molar-refractivity contribution in [2.45, 2.75) is 33.3 Å². The molecule has 0 saturated heterocycles. The number of aryl methyl sites for hydroxylation is 1. The summed E-state index contributed by atoms with van der Waals surface area (Å²) in [7, 11) is 0. The molecule has 0 spiro atoms. The lowest BCUT2D eigenvalue weighted by atomic mass is 10.2. The first-order chi connectivity index (χ1) is 12.8. The smallest absolute Gasteiger partial charge is 0.249 e. The molecule has 0 aliphatic heterocycles. The Balaban J connectivity index is 1.83. The molecule has 0 aromatic heterocycles. The van der Waals surface area contributed by atoms with E-state index in [1.54, 1.807) is 18.2 Å². The number of halogens is 1. The van der Waals surface area contributed by atoms with Crippen molar-refractivity contribution in [1.82, 2.24) is 5.43 Å². The maximum atomic E-state index is 11.9. The van der Waals surface area contributed by atoms with E-state index < -0.39 is 11.8 Å². The predicted octanol–water partition coefficient (Wildman–Crippen LogP) is 3.91. The van der Waals surface area contributed by atoms with Crippen LogP contribution < -0.4 is 15.5 Å². The molecule has 0 aliphatic carbocycles.